The van der Waals surface area contributed by atoms with E-state index < -0.39 is 11.7 Å². The lowest BCUT2D eigenvalue weighted by molar-refractivity contribution is -0.137. The van der Waals surface area contributed by atoms with E-state index in [1.807, 2.05) is 6.92 Å². The van der Waals surface area contributed by atoms with Crippen LogP contribution in [0.4, 0.5) is 13.2 Å². The molecule has 0 bridgehead atoms. The van der Waals surface area contributed by atoms with Crippen LogP contribution in [0.3, 0.4) is 0 Å². The fourth-order valence-electron chi connectivity index (χ4n) is 1.47. The quantitative estimate of drug-likeness (QED) is 0.770. The maximum Gasteiger partial charge on any atom is 0.416 e. The van der Waals surface area contributed by atoms with E-state index >= 15 is 0 Å². The van der Waals surface area contributed by atoms with Gasteiger partial charge in [0.2, 0.25) is 0 Å². The third-order valence-corrected chi connectivity index (χ3v) is 3.30. The highest BCUT2D eigenvalue weighted by atomic mass is 32.1. The van der Waals surface area contributed by atoms with Crippen LogP contribution < -0.4 is 0 Å². The van der Waals surface area contributed by atoms with Crippen molar-refractivity contribution >= 4 is 21.6 Å². The van der Waals surface area contributed by atoms with Gasteiger partial charge in [0.05, 0.1) is 20.8 Å². The molecule has 0 unspecified atom stereocenters. The summed E-state index contributed by atoms with van der Waals surface area (Å²) >= 11 is 1.34. The van der Waals surface area contributed by atoms with Gasteiger partial charge in [0.25, 0.3) is 0 Å². The number of thiazole rings is 1. The summed E-state index contributed by atoms with van der Waals surface area (Å²) in [5.74, 6) is 0. The molecule has 0 spiro atoms. The van der Waals surface area contributed by atoms with Gasteiger partial charge in [-0.05, 0) is 31.0 Å². The maximum absolute atomic E-state index is 12.5. The van der Waals surface area contributed by atoms with E-state index in [-0.39, 0.29) is 0 Å². The van der Waals surface area contributed by atoms with Gasteiger partial charge in [-0.2, -0.15) is 13.2 Å². The van der Waals surface area contributed by atoms with E-state index in [1.165, 1.54) is 23.5 Å². The number of fused-ring (bicyclic) bond motifs is 1. The molecule has 2 aromatic rings. The second-order valence-electron chi connectivity index (χ2n) is 3.54. The van der Waals surface area contributed by atoms with E-state index in [0.29, 0.717) is 10.2 Å². The molecule has 1 aromatic carbocycles. The van der Waals surface area contributed by atoms with Crippen LogP contribution in [0.25, 0.3) is 10.2 Å². The smallest absolute Gasteiger partial charge is 0.241 e. The molecule has 2 rings (SSSR count). The van der Waals surface area contributed by atoms with E-state index in [4.69, 9.17) is 0 Å². The zero-order valence-electron chi connectivity index (χ0n) is 8.64. The number of hydrogen-bond acceptors (Lipinski definition) is 2. The van der Waals surface area contributed by atoms with Gasteiger partial charge in [-0.25, -0.2) is 4.98 Å². The molecule has 0 amide bonds. The first-order chi connectivity index (χ1) is 7.50. The largest absolute Gasteiger partial charge is 0.416 e. The van der Waals surface area contributed by atoms with Crippen molar-refractivity contribution in [1.29, 1.82) is 0 Å². The predicted octanol–water partition coefficient (Wildman–Crippen LogP) is 4.27. The van der Waals surface area contributed by atoms with Crippen molar-refractivity contribution in [3.63, 3.8) is 0 Å². The Morgan fingerprint density at radius 2 is 2.06 bits per heavy atom. The molecule has 0 N–H and O–H groups in total. The molecule has 1 nitrogen and oxygen atoms in total. The van der Waals surface area contributed by atoms with Gasteiger partial charge in [-0.1, -0.05) is 6.92 Å². The molecule has 86 valence electrons. The summed E-state index contributed by atoms with van der Waals surface area (Å²) in [6.07, 6.45) is -2.50. The molecule has 0 atom stereocenters. The highest BCUT2D eigenvalue weighted by molar-refractivity contribution is 7.18. The molecule has 5 heteroatoms. The molecule has 0 aliphatic rings. The number of benzene rings is 1. The molecule has 1 aromatic heterocycles. The first-order valence-electron chi connectivity index (χ1n) is 4.97. The lowest BCUT2D eigenvalue weighted by Gasteiger charge is -2.04. The minimum absolute atomic E-state index is 0.605. The zero-order chi connectivity index (χ0) is 11.8. The lowest BCUT2D eigenvalue weighted by Crippen LogP contribution is -2.03. The number of hydrogen-bond donors (Lipinski definition) is 0. The van der Waals surface area contributed by atoms with E-state index in [2.05, 4.69) is 4.98 Å². The van der Waals surface area contributed by atoms with Crippen LogP contribution in [0.15, 0.2) is 18.2 Å². The number of aromatic nitrogens is 1. The van der Waals surface area contributed by atoms with Gasteiger partial charge in [-0.15, -0.1) is 11.3 Å². The molecular formula is C11H10F3NS. The van der Waals surface area contributed by atoms with Crippen LogP contribution in [0.2, 0.25) is 0 Å². The second-order valence-corrected chi connectivity index (χ2v) is 4.65. The molecule has 0 radical (unpaired) electrons. The van der Waals surface area contributed by atoms with Crippen LogP contribution in [0.5, 0.6) is 0 Å². The monoisotopic (exact) mass is 245 g/mol. The Morgan fingerprint density at radius 3 is 2.69 bits per heavy atom. The lowest BCUT2D eigenvalue weighted by atomic mass is 10.2. The third-order valence-electron chi connectivity index (χ3n) is 2.22. The molecule has 16 heavy (non-hydrogen) atoms. The Labute approximate surface area is 94.9 Å². The van der Waals surface area contributed by atoms with Crippen molar-refractivity contribution in [2.45, 2.75) is 25.9 Å². The van der Waals surface area contributed by atoms with E-state index in [1.54, 1.807) is 0 Å². The van der Waals surface area contributed by atoms with Crippen molar-refractivity contribution in [2.24, 2.45) is 0 Å². The van der Waals surface area contributed by atoms with Crippen molar-refractivity contribution < 1.29 is 13.2 Å². The molecule has 0 fully saturated rings. The summed E-state index contributed by atoms with van der Waals surface area (Å²) in [5.41, 5.74) is 0.0492. The van der Waals surface area contributed by atoms with Crippen LogP contribution in [-0.4, -0.2) is 4.98 Å². The summed E-state index contributed by atoms with van der Waals surface area (Å²) in [7, 11) is 0. The summed E-state index contributed by atoms with van der Waals surface area (Å²) in [6, 6.07) is 3.69. The zero-order valence-corrected chi connectivity index (χ0v) is 9.45. The Morgan fingerprint density at radius 1 is 1.31 bits per heavy atom. The van der Waals surface area contributed by atoms with Crippen LogP contribution in [0.1, 0.15) is 23.9 Å². The highest BCUT2D eigenvalue weighted by Gasteiger charge is 2.30. The van der Waals surface area contributed by atoms with Gasteiger partial charge < -0.3 is 0 Å². The number of aryl methyl sites for hydroxylation is 1. The third kappa shape index (κ3) is 2.19. The van der Waals surface area contributed by atoms with Crippen molar-refractivity contribution in [1.82, 2.24) is 4.98 Å². The molecule has 0 aliphatic heterocycles. The second kappa shape index (κ2) is 4.05. The Hall–Kier alpha value is -1.10. The van der Waals surface area contributed by atoms with Gasteiger partial charge >= 0.3 is 6.18 Å². The fourth-order valence-corrected chi connectivity index (χ4v) is 2.58. The highest BCUT2D eigenvalue weighted by Crippen LogP contribution is 2.33. The van der Waals surface area contributed by atoms with Crippen molar-refractivity contribution in [2.75, 3.05) is 0 Å². The fraction of sp³-hybridized carbons (Fsp3) is 0.364. The normalized spacial score (nSPS) is 12.2. The SMILES string of the molecule is CCCc1nc2ccc(C(F)(F)F)cc2s1. The first kappa shape index (κ1) is 11.4. The predicted molar refractivity (Wildman–Crippen MR) is 58.6 cm³/mol. The van der Waals surface area contributed by atoms with Crippen LogP contribution >= 0.6 is 11.3 Å². The maximum atomic E-state index is 12.5. The summed E-state index contributed by atoms with van der Waals surface area (Å²) < 4.78 is 38.0. The minimum atomic E-state index is -4.27. The summed E-state index contributed by atoms with van der Waals surface area (Å²) in [5, 5.41) is 0.900. The van der Waals surface area contributed by atoms with Gasteiger partial charge in [0.1, 0.15) is 0 Å². The van der Waals surface area contributed by atoms with Crippen molar-refractivity contribution in [3.8, 4) is 0 Å². The van der Waals surface area contributed by atoms with E-state index in [9.17, 15) is 13.2 Å². The van der Waals surface area contributed by atoms with Gasteiger partial charge in [0.15, 0.2) is 0 Å². The number of rotatable bonds is 2. The van der Waals surface area contributed by atoms with E-state index in [0.717, 1.165) is 23.9 Å². The van der Waals surface area contributed by atoms with Crippen molar-refractivity contribution in [3.05, 3.63) is 28.8 Å². The number of halogens is 3. The average molecular weight is 245 g/mol. The first-order valence-corrected chi connectivity index (χ1v) is 5.79. The molecular weight excluding hydrogens is 235 g/mol. The Bertz CT molecular complexity index is 501. The minimum Gasteiger partial charge on any atom is -0.241 e. The molecule has 1 heterocycles. The molecule has 0 aliphatic carbocycles. The summed E-state index contributed by atoms with van der Waals surface area (Å²) in [4.78, 5) is 4.28. The Kier molecular flexibility index (Phi) is 2.88. The van der Waals surface area contributed by atoms with Crippen LogP contribution in [-0.2, 0) is 12.6 Å². The number of alkyl halides is 3. The van der Waals surface area contributed by atoms with Gasteiger partial charge in [-0.3, -0.25) is 0 Å². The topological polar surface area (TPSA) is 12.9 Å². The van der Waals surface area contributed by atoms with Gasteiger partial charge in [0, 0.05) is 0 Å². The molecule has 0 saturated heterocycles. The Balaban J connectivity index is 2.46. The van der Waals surface area contributed by atoms with Crippen LogP contribution in [0, 0.1) is 0 Å². The number of nitrogens with zero attached hydrogens (tertiary/aromatic N) is 1. The standard InChI is InChI=1S/C11H10F3NS/c1-2-3-10-15-8-5-4-7(11(12,13)14)6-9(8)16-10/h4-6H,2-3H2,1H3. The summed E-state index contributed by atoms with van der Waals surface area (Å²) in [6.45, 7) is 2.02. The molecule has 0 saturated carbocycles. The average Bonchev–Trinajstić information content (AvgIpc) is 2.57.